The number of hydrogen-bond donors (Lipinski definition) is 1. The van der Waals surface area contributed by atoms with Gasteiger partial charge in [0.05, 0.1) is 0 Å². The van der Waals surface area contributed by atoms with Crippen molar-refractivity contribution in [2.45, 2.75) is 69.0 Å². The fourth-order valence-corrected chi connectivity index (χ4v) is 4.14. The van der Waals surface area contributed by atoms with Crippen molar-refractivity contribution in [3.05, 3.63) is 0 Å². The summed E-state index contributed by atoms with van der Waals surface area (Å²) in [5.41, 5.74) is 0.0541. The van der Waals surface area contributed by atoms with Crippen molar-refractivity contribution in [3.8, 4) is 12.3 Å². The van der Waals surface area contributed by atoms with E-state index in [1.807, 2.05) is 0 Å². The molecule has 0 bridgehead atoms. The van der Waals surface area contributed by atoms with Crippen LogP contribution in [-0.2, 0) is 4.79 Å². The van der Waals surface area contributed by atoms with E-state index in [0.717, 1.165) is 19.4 Å². The van der Waals surface area contributed by atoms with Gasteiger partial charge < -0.3 is 5.32 Å². The normalized spacial score (nSPS) is 24.0. The van der Waals surface area contributed by atoms with Crippen molar-refractivity contribution in [2.24, 2.45) is 10.2 Å². The highest BCUT2D eigenvalue weighted by molar-refractivity contribution is 5.75. The SMILES string of the molecule is C#CCCC1(CCC(=O)NCCC23CCCN2CCC3)N=N1. The molecule has 5 nitrogen and oxygen atoms in total. The topological polar surface area (TPSA) is 57.1 Å². The zero-order valence-electron chi connectivity index (χ0n) is 13.3. The number of carbonyl (C=O) groups excluding carboxylic acids is 1. The molecule has 3 aliphatic heterocycles. The molecule has 0 aromatic rings. The number of nitrogens with zero attached hydrogens (tertiary/aromatic N) is 3. The van der Waals surface area contributed by atoms with Gasteiger partial charge in [0, 0.05) is 37.8 Å². The third-order valence-electron chi connectivity index (χ3n) is 5.53. The second-order valence-corrected chi connectivity index (χ2v) is 6.91. The Morgan fingerprint density at radius 2 is 1.91 bits per heavy atom. The Kier molecular flexibility index (Phi) is 4.49. The molecule has 0 radical (unpaired) electrons. The van der Waals surface area contributed by atoms with Gasteiger partial charge in [0.2, 0.25) is 5.91 Å². The van der Waals surface area contributed by atoms with Crippen LogP contribution in [0.1, 0.15) is 57.8 Å². The third kappa shape index (κ3) is 3.33. The quantitative estimate of drug-likeness (QED) is 0.700. The maximum atomic E-state index is 12.0. The molecule has 0 unspecified atom stereocenters. The summed E-state index contributed by atoms with van der Waals surface area (Å²) in [6.07, 6.45) is 14.2. The molecule has 0 atom stereocenters. The Labute approximate surface area is 132 Å². The molecule has 0 aromatic carbocycles. The zero-order chi connectivity index (χ0) is 15.5. The highest BCUT2D eigenvalue weighted by atomic mass is 16.1. The predicted molar refractivity (Wildman–Crippen MR) is 85.3 cm³/mol. The molecule has 120 valence electrons. The lowest BCUT2D eigenvalue weighted by Gasteiger charge is -2.32. The average Bonchev–Trinajstić information content (AvgIpc) is 3.00. The van der Waals surface area contributed by atoms with Gasteiger partial charge in [-0.1, -0.05) is 0 Å². The number of carbonyl (C=O) groups is 1. The summed E-state index contributed by atoms with van der Waals surface area (Å²) in [4.78, 5) is 14.6. The fourth-order valence-electron chi connectivity index (χ4n) is 4.14. The van der Waals surface area contributed by atoms with E-state index in [1.54, 1.807) is 0 Å². The first-order valence-electron chi connectivity index (χ1n) is 8.57. The van der Waals surface area contributed by atoms with Gasteiger partial charge in [-0.05, 0) is 45.2 Å². The molecule has 5 heteroatoms. The largest absolute Gasteiger partial charge is 0.356 e. The number of hydrogen-bond acceptors (Lipinski definition) is 4. The van der Waals surface area contributed by atoms with E-state index in [4.69, 9.17) is 6.42 Å². The molecule has 3 heterocycles. The van der Waals surface area contributed by atoms with E-state index in [9.17, 15) is 4.79 Å². The van der Waals surface area contributed by atoms with Gasteiger partial charge >= 0.3 is 0 Å². The summed E-state index contributed by atoms with van der Waals surface area (Å²) in [7, 11) is 0. The monoisotopic (exact) mass is 302 g/mol. The Morgan fingerprint density at radius 3 is 2.55 bits per heavy atom. The fraction of sp³-hybridized carbons (Fsp3) is 0.824. The van der Waals surface area contributed by atoms with Crippen molar-refractivity contribution in [1.29, 1.82) is 0 Å². The first-order valence-corrected chi connectivity index (χ1v) is 8.57. The van der Waals surface area contributed by atoms with Crippen LogP contribution >= 0.6 is 0 Å². The van der Waals surface area contributed by atoms with Gasteiger partial charge in [-0.15, -0.1) is 12.3 Å². The number of fused-ring (bicyclic) bond motifs is 1. The molecule has 22 heavy (non-hydrogen) atoms. The van der Waals surface area contributed by atoms with Crippen LogP contribution in [-0.4, -0.2) is 41.6 Å². The Balaban J connectivity index is 1.34. The van der Waals surface area contributed by atoms with Crippen LogP contribution in [0, 0.1) is 12.3 Å². The number of amides is 1. The summed E-state index contributed by atoms with van der Waals surface area (Å²) in [6, 6.07) is 0. The minimum Gasteiger partial charge on any atom is -0.356 e. The van der Waals surface area contributed by atoms with Gasteiger partial charge in [-0.3, -0.25) is 9.69 Å². The standard InChI is InChI=1S/C17H26N4O/c1-2-3-9-17(19-20-17)10-6-15(22)18-12-11-16-7-4-13-21(16)14-5-8-16/h1H,3-14H2,(H,18,22). The summed E-state index contributed by atoms with van der Waals surface area (Å²) >= 11 is 0. The second-order valence-electron chi connectivity index (χ2n) is 6.91. The number of terminal acetylenes is 1. The van der Waals surface area contributed by atoms with Crippen molar-refractivity contribution in [2.75, 3.05) is 19.6 Å². The lowest BCUT2D eigenvalue weighted by molar-refractivity contribution is -0.121. The van der Waals surface area contributed by atoms with Crippen LogP contribution in [0.4, 0.5) is 0 Å². The van der Waals surface area contributed by atoms with Crippen LogP contribution in [0.15, 0.2) is 10.2 Å². The summed E-state index contributed by atoms with van der Waals surface area (Å²) < 4.78 is 0. The van der Waals surface area contributed by atoms with Gasteiger partial charge in [-0.25, -0.2) is 0 Å². The minimum absolute atomic E-state index is 0.122. The van der Waals surface area contributed by atoms with E-state index >= 15 is 0 Å². The zero-order valence-corrected chi connectivity index (χ0v) is 13.3. The van der Waals surface area contributed by atoms with Crippen LogP contribution in [0.2, 0.25) is 0 Å². The number of nitrogens with one attached hydrogen (secondary N) is 1. The Bertz CT molecular complexity index is 477. The Morgan fingerprint density at radius 1 is 1.18 bits per heavy atom. The van der Waals surface area contributed by atoms with Crippen molar-refractivity contribution in [1.82, 2.24) is 10.2 Å². The molecule has 0 aromatic heterocycles. The van der Waals surface area contributed by atoms with Crippen LogP contribution in [0.5, 0.6) is 0 Å². The van der Waals surface area contributed by atoms with E-state index in [1.165, 1.54) is 38.8 Å². The molecule has 2 saturated heterocycles. The van der Waals surface area contributed by atoms with Crippen molar-refractivity contribution in [3.63, 3.8) is 0 Å². The highest BCUT2D eigenvalue weighted by Crippen LogP contribution is 2.41. The smallest absolute Gasteiger partial charge is 0.220 e. The maximum absolute atomic E-state index is 12.0. The minimum atomic E-state index is -0.337. The maximum Gasteiger partial charge on any atom is 0.220 e. The van der Waals surface area contributed by atoms with E-state index < -0.39 is 0 Å². The lowest BCUT2D eigenvalue weighted by atomic mass is 9.90. The number of rotatable bonds is 8. The molecule has 0 saturated carbocycles. The molecule has 2 fully saturated rings. The molecular formula is C17H26N4O. The molecule has 0 aliphatic carbocycles. The third-order valence-corrected chi connectivity index (χ3v) is 5.53. The van der Waals surface area contributed by atoms with Crippen molar-refractivity contribution < 1.29 is 4.79 Å². The molecule has 1 N–H and O–H groups in total. The van der Waals surface area contributed by atoms with Crippen molar-refractivity contribution >= 4 is 5.91 Å². The molecule has 1 amide bonds. The van der Waals surface area contributed by atoms with Gasteiger partial charge in [-0.2, -0.15) is 10.2 Å². The van der Waals surface area contributed by atoms with Crippen LogP contribution < -0.4 is 5.32 Å². The summed E-state index contributed by atoms with van der Waals surface area (Å²) in [5.74, 6) is 2.73. The molecule has 0 spiro atoms. The summed E-state index contributed by atoms with van der Waals surface area (Å²) in [6.45, 7) is 3.28. The van der Waals surface area contributed by atoms with E-state index in [-0.39, 0.29) is 11.6 Å². The average molecular weight is 302 g/mol. The molecular weight excluding hydrogens is 276 g/mol. The van der Waals surface area contributed by atoms with Gasteiger partial charge in [0.15, 0.2) is 5.66 Å². The molecule has 3 aliphatic rings. The second kappa shape index (κ2) is 6.37. The summed E-state index contributed by atoms with van der Waals surface area (Å²) in [5, 5.41) is 11.2. The molecule has 3 rings (SSSR count). The highest BCUT2D eigenvalue weighted by Gasteiger charge is 2.43. The predicted octanol–water partition coefficient (Wildman–Crippen LogP) is 2.48. The lowest BCUT2D eigenvalue weighted by Crippen LogP contribution is -2.41. The first-order chi connectivity index (χ1) is 10.7. The van der Waals surface area contributed by atoms with Gasteiger partial charge in [0.1, 0.15) is 0 Å². The van der Waals surface area contributed by atoms with Gasteiger partial charge in [0.25, 0.3) is 0 Å². The van der Waals surface area contributed by atoms with Crippen LogP contribution in [0.3, 0.4) is 0 Å². The van der Waals surface area contributed by atoms with Crippen LogP contribution in [0.25, 0.3) is 0 Å². The first kappa shape index (κ1) is 15.5. The van der Waals surface area contributed by atoms with E-state index in [0.29, 0.717) is 24.8 Å². The van der Waals surface area contributed by atoms with E-state index in [2.05, 4.69) is 26.4 Å². The Hall–Kier alpha value is -1.41.